The zero-order valence-corrected chi connectivity index (χ0v) is 15.9. The quantitative estimate of drug-likeness (QED) is 0.783. The minimum atomic E-state index is 0.326. The first kappa shape index (κ1) is 16.5. The van der Waals surface area contributed by atoms with Crippen LogP contribution >= 0.6 is 0 Å². The summed E-state index contributed by atoms with van der Waals surface area (Å²) in [6.45, 7) is 7.59. The third-order valence-corrected chi connectivity index (χ3v) is 6.73. The minimum absolute atomic E-state index is 0.326. The number of benzene rings is 2. The fourth-order valence-corrected chi connectivity index (χ4v) is 5.25. The molecule has 2 heteroatoms. The molecule has 3 atom stereocenters. The van der Waals surface area contributed by atoms with Crippen LogP contribution in [-0.4, -0.2) is 36.7 Å². The van der Waals surface area contributed by atoms with E-state index in [0.717, 1.165) is 38.0 Å². The van der Waals surface area contributed by atoms with Gasteiger partial charge in [-0.1, -0.05) is 48.5 Å². The highest BCUT2D eigenvalue weighted by Crippen LogP contribution is 2.60. The second kappa shape index (κ2) is 6.51. The first-order valence-electron chi connectivity index (χ1n) is 10.3. The van der Waals surface area contributed by atoms with E-state index in [4.69, 9.17) is 4.74 Å². The van der Waals surface area contributed by atoms with E-state index >= 15 is 0 Å². The van der Waals surface area contributed by atoms with Gasteiger partial charge < -0.3 is 4.74 Å². The van der Waals surface area contributed by atoms with Gasteiger partial charge in [-0.2, -0.15) is 0 Å². The predicted molar refractivity (Wildman–Crippen MR) is 106 cm³/mol. The van der Waals surface area contributed by atoms with Crippen molar-refractivity contribution >= 4 is 0 Å². The minimum Gasteiger partial charge on any atom is -0.376 e. The Bertz CT molecular complexity index is 747. The van der Waals surface area contributed by atoms with Crippen LogP contribution in [-0.2, 0) is 4.74 Å². The Balaban J connectivity index is 1.51. The fraction of sp³-hybridized carbons (Fsp3) is 0.500. The third kappa shape index (κ3) is 2.80. The molecule has 136 valence electrons. The molecule has 2 nitrogen and oxygen atoms in total. The van der Waals surface area contributed by atoms with Crippen molar-refractivity contribution in [3.63, 3.8) is 0 Å². The molecule has 1 heterocycles. The summed E-state index contributed by atoms with van der Waals surface area (Å²) in [5.74, 6) is 1.93. The average Bonchev–Trinajstić information content (AvgIpc) is 3.47. The standard InChI is InChI=1S/C24H29NO/c1-16(2)25-11-12-26-17(15-25)13-22-18-7-3-5-9-20(18)23-14-24(23)21-10-6-4-8-19(21)22/h3-10,16-17,22-24H,11-15H2,1-2H3. The van der Waals surface area contributed by atoms with E-state index in [-0.39, 0.29) is 0 Å². The van der Waals surface area contributed by atoms with Gasteiger partial charge in [-0.15, -0.1) is 0 Å². The smallest absolute Gasteiger partial charge is 0.0711 e. The Morgan fingerprint density at radius 2 is 1.50 bits per heavy atom. The zero-order valence-electron chi connectivity index (χ0n) is 15.9. The van der Waals surface area contributed by atoms with Crippen molar-refractivity contribution in [2.24, 2.45) is 0 Å². The number of fused-ring (bicyclic) bond motifs is 5. The van der Waals surface area contributed by atoms with Crippen molar-refractivity contribution in [2.45, 2.75) is 56.6 Å². The van der Waals surface area contributed by atoms with Gasteiger partial charge in [-0.05, 0) is 60.8 Å². The summed E-state index contributed by atoms with van der Waals surface area (Å²) in [4.78, 5) is 2.57. The monoisotopic (exact) mass is 347 g/mol. The molecule has 0 N–H and O–H groups in total. The largest absolute Gasteiger partial charge is 0.376 e. The lowest BCUT2D eigenvalue weighted by atomic mass is 9.82. The molecule has 0 spiro atoms. The van der Waals surface area contributed by atoms with Crippen molar-refractivity contribution < 1.29 is 4.74 Å². The number of morpholine rings is 1. The summed E-state index contributed by atoms with van der Waals surface area (Å²) >= 11 is 0. The molecule has 3 unspecified atom stereocenters. The van der Waals surface area contributed by atoms with Crippen LogP contribution in [0, 0.1) is 0 Å². The summed E-state index contributed by atoms with van der Waals surface area (Å²) < 4.78 is 6.23. The summed E-state index contributed by atoms with van der Waals surface area (Å²) in [5.41, 5.74) is 6.29. The molecule has 5 rings (SSSR count). The van der Waals surface area contributed by atoms with Gasteiger partial charge in [0.25, 0.3) is 0 Å². The van der Waals surface area contributed by atoms with Crippen LogP contribution in [0.15, 0.2) is 48.5 Å². The Kier molecular flexibility index (Phi) is 4.14. The second-order valence-electron chi connectivity index (χ2n) is 8.58. The maximum absolute atomic E-state index is 6.23. The van der Waals surface area contributed by atoms with Gasteiger partial charge in [0.05, 0.1) is 12.7 Å². The van der Waals surface area contributed by atoms with E-state index in [2.05, 4.69) is 67.3 Å². The molecule has 2 fully saturated rings. The predicted octanol–water partition coefficient (Wildman–Crippen LogP) is 4.90. The molecule has 0 amide bonds. The Morgan fingerprint density at radius 1 is 0.923 bits per heavy atom. The maximum atomic E-state index is 6.23. The number of hydrogen-bond donors (Lipinski definition) is 0. The number of hydrogen-bond acceptors (Lipinski definition) is 2. The van der Waals surface area contributed by atoms with Crippen LogP contribution in [0.25, 0.3) is 0 Å². The zero-order chi connectivity index (χ0) is 17.7. The lowest BCUT2D eigenvalue weighted by Crippen LogP contribution is -2.46. The van der Waals surface area contributed by atoms with Crippen LogP contribution in [0.3, 0.4) is 0 Å². The Hall–Kier alpha value is -1.64. The van der Waals surface area contributed by atoms with Crippen LogP contribution in [0.4, 0.5) is 0 Å². The summed E-state index contributed by atoms with van der Waals surface area (Å²) in [7, 11) is 0. The fourth-order valence-electron chi connectivity index (χ4n) is 5.25. The molecule has 0 aromatic heterocycles. The third-order valence-electron chi connectivity index (χ3n) is 6.73. The highest BCUT2D eigenvalue weighted by atomic mass is 16.5. The molecule has 0 radical (unpaired) electrons. The highest BCUT2D eigenvalue weighted by Gasteiger charge is 2.45. The lowest BCUT2D eigenvalue weighted by Gasteiger charge is -2.37. The van der Waals surface area contributed by atoms with Crippen LogP contribution < -0.4 is 0 Å². The van der Waals surface area contributed by atoms with Crippen molar-refractivity contribution in [2.75, 3.05) is 19.7 Å². The van der Waals surface area contributed by atoms with Gasteiger partial charge in [0.1, 0.15) is 0 Å². The molecule has 2 aliphatic carbocycles. The van der Waals surface area contributed by atoms with E-state index < -0.39 is 0 Å². The molecular weight excluding hydrogens is 318 g/mol. The lowest BCUT2D eigenvalue weighted by molar-refractivity contribution is -0.0434. The number of rotatable bonds is 3. The van der Waals surface area contributed by atoms with Crippen molar-refractivity contribution in [1.29, 1.82) is 0 Å². The van der Waals surface area contributed by atoms with Gasteiger partial charge in [0, 0.05) is 25.0 Å². The number of nitrogens with zero attached hydrogens (tertiary/aromatic N) is 1. The van der Waals surface area contributed by atoms with Crippen LogP contribution in [0.5, 0.6) is 0 Å². The molecule has 0 bridgehead atoms. The van der Waals surface area contributed by atoms with Gasteiger partial charge in [0.2, 0.25) is 0 Å². The first-order valence-corrected chi connectivity index (χ1v) is 10.3. The van der Waals surface area contributed by atoms with E-state index in [1.54, 1.807) is 22.3 Å². The van der Waals surface area contributed by atoms with Gasteiger partial charge in [-0.3, -0.25) is 4.90 Å². The van der Waals surface area contributed by atoms with E-state index in [9.17, 15) is 0 Å². The summed E-state index contributed by atoms with van der Waals surface area (Å²) in [5, 5.41) is 0. The van der Waals surface area contributed by atoms with E-state index in [1.165, 1.54) is 6.42 Å². The Labute approximate surface area is 157 Å². The van der Waals surface area contributed by atoms with Crippen molar-refractivity contribution in [1.82, 2.24) is 4.90 Å². The van der Waals surface area contributed by atoms with Crippen LogP contribution in [0.1, 0.15) is 66.7 Å². The molecule has 1 saturated heterocycles. The second-order valence-corrected chi connectivity index (χ2v) is 8.58. The normalized spacial score (nSPS) is 30.3. The molecule has 3 aliphatic rings. The van der Waals surface area contributed by atoms with Crippen molar-refractivity contribution in [3.8, 4) is 0 Å². The molecule has 2 aromatic carbocycles. The molecule has 26 heavy (non-hydrogen) atoms. The van der Waals surface area contributed by atoms with Gasteiger partial charge in [-0.25, -0.2) is 0 Å². The van der Waals surface area contributed by atoms with Gasteiger partial charge >= 0.3 is 0 Å². The van der Waals surface area contributed by atoms with E-state index in [1.807, 2.05) is 0 Å². The number of ether oxygens (including phenoxy) is 1. The molecule has 1 aliphatic heterocycles. The SMILES string of the molecule is CC(C)N1CCOC(CC2c3ccccc3C3CC3c3ccccc32)C1. The van der Waals surface area contributed by atoms with Crippen LogP contribution in [0.2, 0.25) is 0 Å². The highest BCUT2D eigenvalue weighted by molar-refractivity contribution is 5.53. The molecular formula is C24H29NO. The average molecular weight is 348 g/mol. The maximum Gasteiger partial charge on any atom is 0.0711 e. The molecule has 1 saturated carbocycles. The topological polar surface area (TPSA) is 12.5 Å². The van der Waals surface area contributed by atoms with Crippen molar-refractivity contribution in [3.05, 3.63) is 70.8 Å². The first-order chi connectivity index (χ1) is 12.7. The summed E-state index contributed by atoms with van der Waals surface area (Å²) in [6, 6.07) is 19.0. The summed E-state index contributed by atoms with van der Waals surface area (Å²) in [6.07, 6.45) is 2.74. The van der Waals surface area contributed by atoms with E-state index in [0.29, 0.717) is 18.1 Å². The molecule has 2 aromatic rings. The van der Waals surface area contributed by atoms with Gasteiger partial charge in [0.15, 0.2) is 0 Å². The Morgan fingerprint density at radius 3 is 2.08 bits per heavy atom.